The zero-order chi connectivity index (χ0) is 9.19. The van der Waals surface area contributed by atoms with Gasteiger partial charge >= 0.3 is 0 Å². The molecule has 0 aromatic carbocycles. The van der Waals surface area contributed by atoms with Gasteiger partial charge in [-0.2, -0.15) is 0 Å². The molecule has 1 saturated carbocycles. The second-order valence-electron chi connectivity index (χ2n) is 3.23. The predicted octanol–water partition coefficient (Wildman–Crippen LogP) is 0.469. The summed E-state index contributed by atoms with van der Waals surface area (Å²) in [5.74, 6) is 0. The van der Waals surface area contributed by atoms with Crippen molar-refractivity contribution in [1.29, 1.82) is 0 Å². The Morgan fingerprint density at radius 2 is 2.33 bits per heavy atom. The smallest absolute Gasteiger partial charge is 0.154 e. The molecule has 0 aromatic rings. The van der Waals surface area contributed by atoms with Gasteiger partial charge in [-0.15, -0.1) is 0 Å². The first kappa shape index (κ1) is 9.74. The lowest BCUT2D eigenvalue weighted by Gasteiger charge is -2.08. The average Bonchev–Trinajstić information content (AvgIpc) is 2.34. The van der Waals surface area contributed by atoms with Gasteiger partial charge in [0.1, 0.15) is 0 Å². The first-order chi connectivity index (χ1) is 5.55. The normalized spacial score (nSPS) is 28.2. The van der Waals surface area contributed by atoms with Crippen LogP contribution in [0.2, 0.25) is 0 Å². The van der Waals surface area contributed by atoms with Gasteiger partial charge in [0, 0.05) is 12.8 Å². The van der Waals surface area contributed by atoms with Crippen molar-refractivity contribution in [2.75, 3.05) is 12.8 Å². The number of hydrogen-bond donors (Lipinski definition) is 1. The molecular weight excluding hydrogens is 174 g/mol. The van der Waals surface area contributed by atoms with Crippen molar-refractivity contribution in [1.82, 2.24) is 0 Å². The topological polar surface area (TPSA) is 60.2 Å². The van der Waals surface area contributed by atoms with Crippen LogP contribution < -0.4 is 5.73 Å². The Labute approximate surface area is 73.6 Å². The van der Waals surface area contributed by atoms with Gasteiger partial charge in [-0.25, -0.2) is 8.42 Å². The summed E-state index contributed by atoms with van der Waals surface area (Å²) in [6.45, 7) is 0.446. The predicted molar refractivity (Wildman–Crippen MR) is 49.6 cm³/mol. The number of hydrogen-bond acceptors (Lipinski definition) is 3. The van der Waals surface area contributed by atoms with E-state index in [1.807, 2.05) is 6.08 Å². The summed E-state index contributed by atoms with van der Waals surface area (Å²) >= 11 is 0. The van der Waals surface area contributed by atoms with Crippen molar-refractivity contribution in [3.63, 3.8) is 0 Å². The van der Waals surface area contributed by atoms with E-state index >= 15 is 0 Å². The van der Waals surface area contributed by atoms with Gasteiger partial charge in [0.05, 0.1) is 5.25 Å². The number of rotatable bonds is 2. The van der Waals surface area contributed by atoms with E-state index in [1.54, 1.807) is 0 Å². The van der Waals surface area contributed by atoms with Gasteiger partial charge < -0.3 is 5.73 Å². The molecule has 70 valence electrons. The van der Waals surface area contributed by atoms with Gasteiger partial charge in [0.2, 0.25) is 0 Å². The lowest BCUT2D eigenvalue weighted by molar-refractivity contribution is 0.592. The quantitative estimate of drug-likeness (QED) is 0.642. The maximum atomic E-state index is 11.2. The summed E-state index contributed by atoms with van der Waals surface area (Å²) < 4.78 is 22.5. The fourth-order valence-electron chi connectivity index (χ4n) is 1.71. The van der Waals surface area contributed by atoms with Crippen molar-refractivity contribution < 1.29 is 8.42 Å². The van der Waals surface area contributed by atoms with Crippen LogP contribution in [0.25, 0.3) is 0 Å². The highest BCUT2D eigenvalue weighted by Crippen LogP contribution is 2.29. The third-order valence-corrected chi connectivity index (χ3v) is 3.81. The highest BCUT2D eigenvalue weighted by molar-refractivity contribution is 7.91. The third kappa shape index (κ3) is 2.08. The van der Waals surface area contributed by atoms with E-state index in [4.69, 9.17) is 5.73 Å². The first-order valence-electron chi connectivity index (χ1n) is 4.13. The fourth-order valence-corrected chi connectivity index (χ4v) is 3.07. The van der Waals surface area contributed by atoms with Crippen LogP contribution in [0.4, 0.5) is 0 Å². The molecule has 1 atom stereocenters. The van der Waals surface area contributed by atoms with Crippen LogP contribution in [0.3, 0.4) is 0 Å². The molecular formula is C8H15NO2S. The summed E-state index contributed by atoms with van der Waals surface area (Å²) in [6, 6.07) is 0. The average molecular weight is 189 g/mol. The SMILES string of the molecule is CS(=O)(=O)C1CCCC1=CCN. The lowest BCUT2D eigenvalue weighted by atomic mass is 10.2. The summed E-state index contributed by atoms with van der Waals surface area (Å²) in [6.07, 6.45) is 5.79. The van der Waals surface area contributed by atoms with E-state index in [9.17, 15) is 8.42 Å². The Morgan fingerprint density at radius 3 is 2.83 bits per heavy atom. The summed E-state index contributed by atoms with van der Waals surface area (Å²) in [4.78, 5) is 0. The maximum absolute atomic E-state index is 11.2. The minimum atomic E-state index is -2.90. The molecule has 1 fully saturated rings. The monoisotopic (exact) mass is 189 g/mol. The largest absolute Gasteiger partial charge is 0.327 e. The molecule has 0 spiro atoms. The van der Waals surface area contributed by atoms with Crippen LogP contribution in [0, 0.1) is 0 Å². The second-order valence-corrected chi connectivity index (χ2v) is 5.45. The van der Waals surface area contributed by atoms with Gasteiger partial charge in [0.25, 0.3) is 0 Å². The van der Waals surface area contributed by atoms with Crippen molar-refractivity contribution in [3.05, 3.63) is 11.6 Å². The van der Waals surface area contributed by atoms with Crippen molar-refractivity contribution in [3.8, 4) is 0 Å². The van der Waals surface area contributed by atoms with Gasteiger partial charge in [-0.3, -0.25) is 0 Å². The minimum Gasteiger partial charge on any atom is -0.327 e. The zero-order valence-corrected chi connectivity index (χ0v) is 8.10. The van der Waals surface area contributed by atoms with Crippen molar-refractivity contribution in [2.24, 2.45) is 5.73 Å². The molecule has 0 saturated heterocycles. The van der Waals surface area contributed by atoms with Crippen LogP contribution in [0.15, 0.2) is 11.6 Å². The van der Waals surface area contributed by atoms with Crippen LogP contribution >= 0.6 is 0 Å². The molecule has 1 rings (SSSR count). The molecule has 0 heterocycles. The Hall–Kier alpha value is -0.350. The Bertz CT molecular complexity index is 279. The molecule has 0 aromatic heterocycles. The van der Waals surface area contributed by atoms with Crippen molar-refractivity contribution in [2.45, 2.75) is 24.5 Å². The van der Waals surface area contributed by atoms with Crippen molar-refractivity contribution >= 4 is 9.84 Å². The third-order valence-electron chi connectivity index (χ3n) is 2.24. The second kappa shape index (κ2) is 3.58. The molecule has 12 heavy (non-hydrogen) atoms. The Balaban J connectivity index is 2.85. The van der Waals surface area contributed by atoms with E-state index in [0.717, 1.165) is 24.8 Å². The highest BCUT2D eigenvalue weighted by atomic mass is 32.2. The van der Waals surface area contributed by atoms with Gasteiger partial charge in [-0.05, 0) is 19.3 Å². The summed E-state index contributed by atoms with van der Waals surface area (Å²) in [7, 11) is -2.90. The minimum absolute atomic E-state index is 0.249. The maximum Gasteiger partial charge on any atom is 0.154 e. The molecule has 1 aliphatic rings. The molecule has 1 unspecified atom stereocenters. The molecule has 0 bridgehead atoms. The van der Waals surface area contributed by atoms with Crippen LogP contribution in [-0.4, -0.2) is 26.5 Å². The standard InChI is InChI=1S/C8H15NO2S/c1-12(10,11)8-4-2-3-7(8)5-6-9/h5,8H,2-4,6,9H2,1H3. The molecule has 0 radical (unpaired) electrons. The van der Waals surface area contributed by atoms with E-state index in [0.29, 0.717) is 6.54 Å². The number of sulfone groups is 1. The van der Waals surface area contributed by atoms with Crippen LogP contribution in [0.1, 0.15) is 19.3 Å². The first-order valence-corrected chi connectivity index (χ1v) is 6.09. The fraction of sp³-hybridized carbons (Fsp3) is 0.750. The Morgan fingerprint density at radius 1 is 1.67 bits per heavy atom. The van der Waals surface area contributed by atoms with Crippen LogP contribution in [-0.2, 0) is 9.84 Å². The lowest BCUT2D eigenvalue weighted by Crippen LogP contribution is -2.18. The zero-order valence-electron chi connectivity index (χ0n) is 7.29. The van der Waals surface area contributed by atoms with E-state index < -0.39 is 9.84 Å². The van der Waals surface area contributed by atoms with Gasteiger partial charge in [-0.1, -0.05) is 11.6 Å². The molecule has 0 aliphatic heterocycles. The molecule has 4 heteroatoms. The molecule has 2 N–H and O–H groups in total. The van der Waals surface area contributed by atoms with E-state index in [2.05, 4.69) is 0 Å². The molecule has 3 nitrogen and oxygen atoms in total. The van der Waals surface area contributed by atoms with Crippen LogP contribution in [0.5, 0.6) is 0 Å². The number of nitrogens with two attached hydrogens (primary N) is 1. The molecule has 0 amide bonds. The Kier molecular flexibility index (Phi) is 2.90. The summed E-state index contributed by atoms with van der Waals surface area (Å²) in [5.41, 5.74) is 6.36. The van der Waals surface area contributed by atoms with E-state index in [1.165, 1.54) is 6.26 Å². The molecule has 1 aliphatic carbocycles. The van der Waals surface area contributed by atoms with Gasteiger partial charge in [0.15, 0.2) is 9.84 Å². The highest BCUT2D eigenvalue weighted by Gasteiger charge is 2.28. The van der Waals surface area contributed by atoms with E-state index in [-0.39, 0.29) is 5.25 Å². The summed E-state index contributed by atoms with van der Waals surface area (Å²) in [5, 5.41) is -0.249.